The zero-order valence-corrected chi connectivity index (χ0v) is 7.70. The van der Waals surface area contributed by atoms with Crippen LogP contribution in [0, 0.1) is 0 Å². The van der Waals surface area contributed by atoms with Crippen LogP contribution in [0.5, 0.6) is 0 Å². The number of aliphatic hydroxyl groups is 1. The van der Waals surface area contributed by atoms with E-state index in [1.165, 1.54) is 6.20 Å². The summed E-state index contributed by atoms with van der Waals surface area (Å²) in [6.45, 7) is 0. The SMILES string of the molecule is Cn1ccnc1C(O)c1ccnnc1. The average Bonchev–Trinajstić information content (AvgIpc) is 2.65. The van der Waals surface area contributed by atoms with Crippen molar-refractivity contribution < 1.29 is 5.11 Å². The molecule has 2 heterocycles. The van der Waals surface area contributed by atoms with Gasteiger partial charge in [-0.05, 0) is 6.07 Å². The number of rotatable bonds is 2. The maximum Gasteiger partial charge on any atom is 0.142 e. The van der Waals surface area contributed by atoms with Gasteiger partial charge in [-0.25, -0.2) is 4.98 Å². The third kappa shape index (κ3) is 1.49. The van der Waals surface area contributed by atoms with Gasteiger partial charge >= 0.3 is 0 Å². The van der Waals surface area contributed by atoms with E-state index in [1.807, 2.05) is 7.05 Å². The van der Waals surface area contributed by atoms with E-state index >= 15 is 0 Å². The molecule has 5 heteroatoms. The molecule has 1 N–H and O–H groups in total. The molecule has 5 nitrogen and oxygen atoms in total. The largest absolute Gasteiger partial charge is 0.380 e. The molecule has 0 aliphatic heterocycles. The molecule has 0 spiro atoms. The lowest BCUT2D eigenvalue weighted by Gasteiger charge is -2.09. The summed E-state index contributed by atoms with van der Waals surface area (Å²) in [7, 11) is 1.83. The van der Waals surface area contributed by atoms with Crippen molar-refractivity contribution in [2.45, 2.75) is 6.10 Å². The highest BCUT2D eigenvalue weighted by molar-refractivity contribution is 5.17. The lowest BCUT2D eigenvalue weighted by Crippen LogP contribution is -2.07. The van der Waals surface area contributed by atoms with Crippen LogP contribution in [0.3, 0.4) is 0 Å². The number of nitrogens with zero attached hydrogens (tertiary/aromatic N) is 4. The Morgan fingerprint density at radius 3 is 2.79 bits per heavy atom. The highest BCUT2D eigenvalue weighted by Gasteiger charge is 2.14. The van der Waals surface area contributed by atoms with Crippen LogP contribution in [-0.2, 0) is 7.05 Å². The molecule has 72 valence electrons. The molecule has 0 aromatic carbocycles. The second-order valence-electron chi connectivity index (χ2n) is 2.97. The summed E-state index contributed by atoms with van der Waals surface area (Å²) < 4.78 is 1.77. The first-order chi connectivity index (χ1) is 6.79. The van der Waals surface area contributed by atoms with Crippen molar-refractivity contribution in [2.24, 2.45) is 7.05 Å². The Balaban J connectivity index is 2.34. The first-order valence-corrected chi connectivity index (χ1v) is 4.21. The molecule has 2 rings (SSSR count). The maximum absolute atomic E-state index is 9.91. The van der Waals surface area contributed by atoms with Crippen molar-refractivity contribution in [3.8, 4) is 0 Å². The van der Waals surface area contributed by atoms with E-state index in [0.717, 1.165) is 0 Å². The van der Waals surface area contributed by atoms with Crippen molar-refractivity contribution >= 4 is 0 Å². The highest BCUT2D eigenvalue weighted by atomic mass is 16.3. The molecule has 1 unspecified atom stereocenters. The predicted octanol–water partition coefficient (Wildman–Crippen LogP) is 0.292. The normalized spacial score (nSPS) is 12.7. The number of hydrogen-bond acceptors (Lipinski definition) is 4. The minimum atomic E-state index is -0.745. The van der Waals surface area contributed by atoms with Crippen LogP contribution in [-0.4, -0.2) is 24.9 Å². The minimum Gasteiger partial charge on any atom is -0.380 e. The number of imidazole rings is 1. The van der Waals surface area contributed by atoms with Crippen LogP contribution in [0.25, 0.3) is 0 Å². The first-order valence-electron chi connectivity index (χ1n) is 4.21. The lowest BCUT2D eigenvalue weighted by atomic mass is 10.2. The van der Waals surface area contributed by atoms with E-state index in [1.54, 1.807) is 29.2 Å². The smallest absolute Gasteiger partial charge is 0.142 e. The number of hydrogen-bond donors (Lipinski definition) is 1. The van der Waals surface area contributed by atoms with Gasteiger partial charge in [-0.15, -0.1) is 0 Å². The molecule has 0 radical (unpaired) electrons. The van der Waals surface area contributed by atoms with Crippen LogP contribution < -0.4 is 0 Å². The quantitative estimate of drug-likeness (QED) is 0.739. The van der Waals surface area contributed by atoms with Crippen LogP contribution in [0.1, 0.15) is 17.5 Å². The second-order valence-corrected chi connectivity index (χ2v) is 2.97. The summed E-state index contributed by atoms with van der Waals surface area (Å²) in [6, 6.07) is 1.71. The van der Waals surface area contributed by atoms with Crippen LogP contribution in [0.4, 0.5) is 0 Å². The molecule has 0 aliphatic carbocycles. The minimum absolute atomic E-state index is 0.595. The number of aromatic nitrogens is 4. The summed E-state index contributed by atoms with van der Waals surface area (Å²) in [6.07, 6.45) is 5.76. The van der Waals surface area contributed by atoms with Gasteiger partial charge in [0.1, 0.15) is 11.9 Å². The van der Waals surface area contributed by atoms with Crippen LogP contribution >= 0.6 is 0 Å². The molecule has 2 aromatic rings. The molecular weight excluding hydrogens is 180 g/mol. The summed E-state index contributed by atoms with van der Waals surface area (Å²) in [4.78, 5) is 4.06. The van der Waals surface area contributed by atoms with Gasteiger partial charge in [0.15, 0.2) is 0 Å². The average molecular weight is 190 g/mol. The molecule has 1 atom stereocenters. The summed E-state index contributed by atoms with van der Waals surface area (Å²) in [5, 5.41) is 17.3. The highest BCUT2D eigenvalue weighted by Crippen LogP contribution is 2.17. The second kappa shape index (κ2) is 3.55. The van der Waals surface area contributed by atoms with E-state index in [9.17, 15) is 5.11 Å². The van der Waals surface area contributed by atoms with Crippen molar-refractivity contribution in [3.63, 3.8) is 0 Å². The van der Waals surface area contributed by atoms with Gasteiger partial charge in [0.25, 0.3) is 0 Å². The lowest BCUT2D eigenvalue weighted by molar-refractivity contribution is 0.205. The molecule has 0 amide bonds. The zero-order chi connectivity index (χ0) is 9.97. The molecule has 0 aliphatic rings. The third-order valence-corrected chi connectivity index (χ3v) is 2.03. The monoisotopic (exact) mass is 190 g/mol. The van der Waals surface area contributed by atoms with E-state index < -0.39 is 6.10 Å². The Bertz CT molecular complexity index is 412. The van der Waals surface area contributed by atoms with Crippen LogP contribution in [0.2, 0.25) is 0 Å². The van der Waals surface area contributed by atoms with E-state index in [2.05, 4.69) is 15.2 Å². The molecule has 0 fully saturated rings. The van der Waals surface area contributed by atoms with E-state index in [4.69, 9.17) is 0 Å². The summed E-state index contributed by atoms with van der Waals surface area (Å²) >= 11 is 0. The van der Waals surface area contributed by atoms with Gasteiger partial charge in [-0.3, -0.25) is 0 Å². The van der Waals surface area contributed by atoms with Gasteiger partial charge in [0.05, 0.1) is 6.20 Å². The van der Waals surface area contributed by atoms with Crippen molar-refractivity contribution in [1.29, 1.82) is 0 Å². The summed E-state index contributed by atoms with van der Waals surface area (Å²) in [5.41, 5.74) is 0.689. The summed E-state index contributed by atoms with van der Waals surface area (Å²) in [5.74, 6) is 0.595. The molecule has 0 bridgehead atoms. The van der Waals surface area contributed by atoms with Gasteiger partial charge in [0.2, 0.25) is 0 Å². The van der Waals surface area contributed by atoms with Gasteiger partial charge in [-0.1, -0.05) is 0 Å². The fourth-order valence-electron chi connectivity index (χ4n) is 1.25. The third-order valence-electron chi connectivity index (χ3n) is 2.03. The Hall–Kier alpha value is -1.75. The Labute approximate surface area is 81.1 Å². The van der Waals surface area contributed by atoms with Gasteiger partial charge in [0, 0.05) is 31.2 Å². The fourth-order valence-corrected chi connectivity index (χ4v) is 1.25. The van der Waals surface area contributed by atoms with Crippen molar-refractivity contribution in [3.05, 3.63) is 42.2 Å². The van der Waals surface area contributed by atoms with Crippen LogP contribution in [0.15, 0.2) is 30.9 Å². The maximum atomic E-state index is 9.91. The molecule has 0 saturated carbocycles. The molecule has 2 aromatic heterocycles. The Kier molecular flexibility index (Phi) is 2.24. The van der Waals surface area contributed by atoms with E-state index in [-0.39, 0.29) is 0 Å². The molecular formula is C9H10N4O. The van der Waals surface area contributed by atoms with Gasteiger partial charge < -0.3 is 9.67 Å². The predicted molar refractivity (Wildman–Crippen MR) is 49.3 cm³/mol. The number of aryl methyl sites for hydroxylation is 1. The zero-order valence-electron chi connectivity index (χ0n) is 7.70. The molecule has 14 heavy (non-hydrogen) atoms. The first kappa shape index (κ1) is 8.83. The Morgan fingerprint density at radius 1 is 1.36 bits per heavy atom. The van der Waals surface area contributed by atoms with Gasteiger partial charge in [-0.2, -0.15) is 10.2 Å². The molecule has 0 saturated heterocycles. The Morgan fingerprint density at radius 2 is 2.21 bits per heavy atom. The van der Waals surface area contributed by atoms with Crippen molar-refractivity contribution in [1.82, 2.24) is 19.7 Å². The fraction of sp³-hybridized carbons (Fsp3) is 0.222. The number of aliphatic hydroxyl groups excluding tert-OH is 1. The van der Waals surface area contributed by atoms with Crippen molar-refractivity contribution in [2.75, 3.05) is 0 Å². The topological polar surface area (TPSA) is 63.8 Å². The van der Waals surface area contributed by atoms with E-state index in [0.29, 0.717) is 11.4 Å². The standard InChI is InChI=1S/C9H10N4O/c1-13-5-4-10-9(13)8(14)7-2-3-11-12-6-7/h2-6,8,14H,1H3.